The molecule has 0 radical (unpaired) electrons. The van der Waals surface area contributed by atoms with Gasteiger partial charge in [-0.2, -0.15) is 0 Å². The van der Waals surface area contributed by atoms with Gasteiger partial charge in [-0.3, -0.25) is 9.59 Å². The summed E-state index contributed by atoms with van der Waals surface area (Å²) in [5.74, 6) is -0.194. The van der Waals surface area contributed by atoms with Gasteiger partial charge < -0.3 is 15.5 Å². The molecule has 0 saturated carbocycles. The van der Waals surface area contributed by atoms with Crippen molar-refractivity contribution in [2.45, 2.75) is 44.7 Å². The Balaban J connectivity index is 1.28. The summed E-state index contributed by atoms with van der Waals surface area (Å²) in [4.78, 5) is 27.0. The van der Waals surface area contributed by atoms with Crippen LogP contribution in [-0.4, -0.2) is 24.9 Å². The molecule has 2 amide bonds. The van der Waals surface area contributed by atoms with Crippen molar-refractivity contribution in [2.24, 2.45) is 0 Å². The highest BCUT2D eigenvalue weighted by molar-refractivity contribution is 6.30. The van der Waals surface area contributed by atoms with Gasteiger partial charge in [0.05, 0.1) is 6.04 Å². The monoisotopic (exact) mass is 411 g/mol. The minimum Gasteiger partial charge on any atom is -0.371 e. The number of hydrogen-bond acceptors (Lipinski definition) is 3. The molecule has 2 aromatic rings. The number of carbonyl (C=O) groups excluding carboxylic acids is 2. The first kappa shape index (κ1) is 19.8. The third-order valence-corrected chi connectivity index (χ3v) is 5.97. The van der Waals surface area contributed by atoms with Crippen LogP contribution in [0.1, 0.15) is 48.4 Å². The number of rotatable bonds is 6. The van der Waals surface area contributed by atoms with Crippen LogP contribution in [0.3, 0.4) is 0 Å². The third kappa shape index (κ3) is 4.73. The van der Waals surface area contributed by atoms with Crippen LogP contribution in [0.15, 0.2) is 42.5 Å². The average molecular weight is 412 g/mol. The fourth-order valence-corrected chi connectivity index (χ4v) is 4.38. The third-order valence-electron chi connectivity index (χ3n) is 5.72. The Labute approximate surface area is 176 Å². The SMILES string of the molecule is O=C(CCC(=O)NC1CCN2CCCc3cccc1c32)NCc1ccc(Cl)cc1. The number of nitrogens with zero attached hydrogens (tertiary/aromatic N) is 1. The van der Waals surface area contributed by atoms with E-state index in [2.05, 4.69) is 33.7 Å². The number of nitrogens with one attached hydrogen (secondary N) is 2. The second kappa shape index (κ2) is 8.87. The number of hydrogen-bond donors (Lipinski definition) is 2. The Morgan fingerprint density at radius 3 is 2.66 bits per heavy atom. The summed E-state index contributed by atoms with van der Waals surface area (Å²) in [6.45, 7) is 2.50. The maximum Gasteiger partial charge on any atom is 0.220 e. The van der Waals surface area contributed by atoms with Crippen molar-refractivity contribution in [1.29, 1.82) is 0 Å². The highest BCUT2D eigenvalue weighted by Crippen LogP contribution is 2.39. The van der Waals surface area contributed by atoms with E-state index in [0.29, 0.717) is 11.6 Å². The summed E-state index contributed by atoms with van der Waals surface area (Å²) in [7, 11) is 0. The fourth-order valence-electron chi connectivity index (χ4n) is 4.25. The van der Waals surface area contributed by atoms with Gasteiger partial charge in [-0.05, 0) is 48.1 Å². The standard InChI is InChI=1S/C23H26ClN3O2/c24-18-8-6-16(7-9-18)15-25-21(28)10-11-22(29)26-20-12-14-27-13-2-4-17-3-1-5-19(20)23(17)27/h1,3,5-9,20H,2,4,10-15H2,(H,25,28)(H,26,29). The molecule has 1 atom stereocenters. The molecule has 29 heavy (non-hydrogen) atoms. The minimum absolute atomic E-state index is 0.0314. The van der Waals surface area contributed by atoms with Crippen molar-refractivity contribution in [1.82, 2.24) is 10.6 Å². The van der Waals surface area contributed by atoms with Gasteiger partial charge in [0.25, 0.3) is 0 Å². The van der Waals surface area contributed by atoms with Crippen molar-refractivity contribution >= 4 is 29.1 Å². The number of para-hydroxylation sites is 1. The van der Waals surface area contributed by atoms with E-state index < -0.39 is 0 Å². The van der Waals surface area contributed by atoms with Crippen LogP contribution in [0.25, 0.3) is 0 Å². The molecule has 1 unspecified atom stereocenters. The van der Waals surface area contributed by atoms with Gasteiger partial charge in [0, 0.05) is 43.2 Å². The normalized spacial score (nSPS) is 17.4. The summed E-state index contributed by atoms with van der Waals surface area (Å²) >= 11 is 5.86. The quantitative estimate of drug-likeness (QED) is 0.761. The zero-order chi connectivity index (χ0) is 20.2. The molecular weight excluding hydrogens is 386 g/mol. The van der Waals surface area contributed by atoms with E-state index in [1.807, 2.05) is 12.1 Å². The minimum atomic E-state index is -0.123. The number of benzene rings is 2. The Kier molecular flexibility index (Phi) is 6.05. The van der Waals surface area contributed by atoms with E-state index >= 15 is 0 Å². The number of anilines is 1. The molecule has 0 bridgehead atoms. The first-order chi connectivity index (χ1) is 14.1. The highest BCUT2D eigenvalue weighted by Gasteiger charge is 2.29. The smallest absolute Gasteiger partial charge is 0.220 e. The molecule has 2 aliphatic rings. The Bertz CT molecular complexity index is 897. The van der Waals surface area contributed by atoms with E-state index in [1.54, 1.807) is 12.1 Å². The largest absolute Gasteiger partial charge is 0.371 e. The van der Waals surface area contributed by atoms with Gasteiger partial charge in [0.2, 0.25) is 11.8 Å². The summed E-state index contributed by atoms with van der Waals surface area (Å²) < 4.78 is 0. The van der Waals surface area contributed by atoms with E-state index in [4.69, 9.17) is 11.6 Å². The maximum atomic E-state index is 12.5. The van der Waals surface area contributed by atoms with E-state index in [1.165, 1.54) is 23.2 Å². The van der Waals surface area contributed by atoms with Gasteiger partial charge in [-0.25, -0.2) is 0 Å². The van der Waals surface area contributed by atoms with Gasteiger partial charge in [0.15, 0.2) is 0 Å². The molecule has 0 aromatic heterocycles. The molecule has 0 saturated heterocycles. The Hall–Kier alpha value is -2.53. The van der Waals surface area contributed by atoms with Crippen molar-refractivity contribution in [3.63, 3.8) is 0 Å². The lowest BCUT2D eigenvalue weighted by molar-refractivity contribution is -0.127. The first-order valence-corrected chi connectivity index (χ1v) is 10.7. The molecule has 0 fully saturated rings. The van der Waals surface area contributed by atoms with Crippen LogP contribution in [0.4, 0.5) is 5.69 Å². The molecule has 2 aromatic carbocycles. The highest BCUT2D eigenvalue weighted by atomic mass is 35.5. The number of aryl methyl sites for hydroxylation is 1. The van der Waals surface area contributed by atoms with Crippen molar-refractivity contribution in [2.75, 3.05) is 18.0 Å². The molecule has 0 aliphatic carbocycles. The van der Waals surface area contributed by atoms with Crippen LogP contribution >= 0.6 is 11.6 Å². The summed E-state index contributed by atoms with van der Waals surface area (Å²) in [6, 6.07) is 13.8. The molecule has 0 spiro atoms. The van der Waals surface area contributed by atoms with Gasteiger partial charge in [-0.15, -0.1) is 0 Å². The van der Waals surface area contributed by atoms with Crippen molar-refractivity contribution < 1.29 is 9.59 Å². The Morgan fingerprint density at radius 1 is 1.03 bits per heavy atom. The lowest BCUT2D eigenvalue weighted by atomic mass is 9.89. The van der Waals surface area contributed by atoms with Crippen LogP contribution < -0.4 is 15.5 Å². The summed E-state index contributed by atoms with van der Waals surface area (Å²) in [6.07, 6.45) is 3.59. The average Bonchev–Trinajstić information content (AvgIpc) is 2.74. The maximum absolute atomic E-state index is 12.5. The molecule has 2 heterocycles. The zero-order valence-corrected chi connectivity index (χ0v) is 17.2. The zero-order valence-electron chi connectivity index (χ0n) is 16.4. The van der Waals surface area contributed by atoms with E-state index in [-0.39, 0.29) is 30.7 Å². The Morgan fingerprint density at radius 2 is 1.83 bits per heavy atom. The van der Waals surface area contributed by atoms with E-state index in [9.17, 15) is 9.59 Å². The molecule has 2 aliphatic heterocycles. The molecule has 152 valence electrons. The second-order valence-electron chi connectivity index (χ2n) is 7.76. The summed E-state index contributed by atoms with van der Waals surface area (Å²) in [5, 5.41) is 6.67. The lowest BCUT2D eigenvalue weighted by Crippen LogP contribution is -2.40. The van der Waals surface area contributed by atoms with Gasteiger partial charge in [-0.1, -0.05) is 41.9 Å². The molecular formula is C23H26ClN3O2. The topological polar surface area (TPSA) is 61.4 Å². The number of halogens is 1. The lowest BCUT2D eigenvalue weighted by Gasteiger charge is -2.40. The molecule has 2 N–H and O–H groups in total. The predicted octanol–water partition coefficient (Wildman–Crippen LogP) is 3.75. The molecule has 6 heteroatoms. The summed E-state index contributed by atoms with van der Waals surface area (Å²) in [5.41, 5.74) is 4.90. The van der Waals surface area contributed by atoms with Crippen LogP contribution in [0.5, 0.6) is 0 Å². The predicted molar refractivity (Wildman–Crippen MR) is 115 cm³/mol. The molecule has 5 nitrogen and oxygen atoms in total. The van der Waals surface area contributed by atoms with Gasteiger partial charge in [0.1, 0.15) is 0 Å². The van der Waals surface area contributed by atoms with Crippen molar-refractivity contribution in [3.05, 3.63) is 64.2 Å². The molecule has 4 rings (SSSR count). The second-order valence-corrected chi connectivity index (χ2v) is 8.19. The van der Waals surface area contributed by atoms with E-state index in [0.717, 1.165) is 31.5 Å². The van der Waals surface area contributed by atoms with Gasteiger partial charge >= 0.3 is 0 Å². The van der Waals surface area contributed by atoms with Crippen LogP contribution in [-0.2, 0) is 22.6 Å². The number of carbonyl (C=O) groups is 2. The van der Waals surface area contributed by atoms with Crippen LogP contribution in [0.2, 0.25) is 5.02 Å². The first-order valence-electron chi connectivity index (χ1n) is 10.3. The fraction of sp³-hybridized carbons (Fsp3) is 0.391. The van der Waals surface area contributed by atoms with Crippen LogP contribution in [0, 0.1) is 0 Å². The van der Waals surface area contributed by atoms with Crippen molar-refractivity contribution in [3.8, 4) is 0 Å². The number of amides is 2.